The van der Waals surface area contributed by atoms with E-state index in [1.165, 1.54) is 0 Å². The molecule has 6 heteroatoms. The van der Waals surface area contributed by atoms with Crippen LogP contribution in [0.25, 0.3) is 0 Å². The summed E-state index contributed by atoms with van der Waals surface area (Å²) in [5.74, 6) is 0. The molecule has 0 unspecified atom stereocenters. The van der Waals surface area contributed by atoms with Gasteiger partial charge in [0.1, 0.15) is 5.71 Å². The van der Waals surface area contributed by atoms with Crippen molar-refractivity contribution < 1.29 is 24.2 Å². The van der Waals surface area contributed by atoms with Crippen LogP contribution in [0.1, 0.15) is 34.8 Å². The zero-order valence-corrected chi connectivity index (χ0v) is 13.6. The predicted octanol–water partition coefficient (Wildman–Crippen LogP) is 3.00. The predicted molar refractivity (Wildman–Crippen MR) is 89.6 cm³/mol. The van der Waals surface area contributed by atoms with Crippen molar-refractivity contribution in [1.82, 2.24) is 0 Å². The molecule has 0 radical (unpaired) electrons. The number of hydrogen-bond donors (Lipinski definition) is 1. The van der Waals surface area contributed by atoms with Gasteiger partial charge in [-0.3, -0.25) is 0 Å². The van der Waals surface area contributed by atoms with Gasteiger partial charge in [-0.2, -0.15) is 0 Å². The monoisotopic (exact) mass is 341 g/mol. The van der Waals surface area contributed by atoms with Crippen LogP contribution in [0.3, 0.4) is 0 Å². The topological polar surface area (TPSA) is 69.5 Å². The van der Waals surface area contributed by atoms with Gasteiger partial charge in [0.05, 0.1) is 26.4 Å². The van der Waals surface area contributed by atoms with Gasteiger partial charge in [-0.25, -0.2) is 0 Å². The van der Waals surface area contributed by atoms with Crippen LogP contribution in [-0.4, -0.2) is 37.3 Å². The first kappa shape index (κ1) is 16.2. The molecule has 0 saturated carbocycles. The van der Waals surface area contributed by atoms with Crippen LogP contribution in [0, 0.1) is 0 Å². The highest BCUT2D eigenvalue weighted by atomic mass is 16.7. The van der Waals surface area contributed by atoms with Gasteiger partial charge in [-0.1, -0.05) is 41.6 Å². The van der Waals surface area contributed by atoms with E-state index >= 15 is 0 Å². The highest BCUT2D eigenvalue weighted by Gasteiger charge is 2.21. The SMILES string of the molecule is ON=C(c1cccc(C2OCCO2)c1)c1cccc(C2OCCO2)c1. The minimum atomic E-state index is -0.369. The first-order valence-electron chi connectivity index (χ1n) is 8.24. The summed E-state index contributed by atoms with van der Waals surface area (Å²) < 4.78 is 22.2. The Morgan fingerprint density at radius 2 is 1.20 bits per heavy atom. The van der Waals surface area contributed by atoms with Crippen LogP contribution in [-0.2, 0) is 18.9 Å². The molecule has 2 heterocycles. The Balaban J connectivity index is 1.64. The van der Waals surface area contributed by atoms with Gasteiger partial charge in [0, 0.05) is 22.3 Å². The highest BCUT2D eigenvalue weighted by Crippen LogP contribution is 2.27. The van der Waals surface area contributed by atoms with Gasteiger partial charge >= 0.3 is 0 Å². The molecule has 25 heavy (non-hydrogen) atoms. The molecular weight excluding hydrogens is 322 g/mol. The van der Waals surface area contributed by atoms with Crippen molar-refractivity contribution in [2.45, 2.75) is 12.6 Å². The Hall–Kier alpha value is -2.25. The summed E-state index contributed by atoms with van der Waals surface area (Å²) in [7, 11) is 0. The van der Waals surface area contributed by atoms with Gasteiger partial charge in [0.15, 0.2) is 12.6 Å². The molecule has 130 valence electrons. The number of benzene rings is 2. The minimum absolute atomic E-state index is 0.369. The fraction of sp³-hybridized carbons (Fsp3) is 0.316. The summed E-state index contributed by atoms with van der Waals surface area (Å²) in [6.07, 6.45) is -0.738. The lowest BCUT2D eigenvalue weighted by Crippen LogP contribution is -2.07. The van der Waals surface area contributed by atoms with Crippen molar-refractivity contribution in [3.05, 3.63) is 70.8 Å². The molecule has 2 aliphatic rings. The number of hydrogen-bond acceptors (Lipinski definition) is 6. The number of nitrogens with zero attached hydrogens (tertiary/aromatic N) is 1. The number of ether oxygens (including phenoxy) is 4. The third kappa shape index (κ3) is 3.43. The summed E-state index contributed by atoms with van der Waals surface area (Å²) in [5.41, 5.74) is 3.83. The van der Waals surface area contributed by atoms with Gasteiger partial charge in [0.25, 0.3) is 0 Å². The van der Waals surface area contributed by atoms with Crippen molar-refractivity contribution in [3.8, 4) is 0 Å². The van der Waals surface area contributed by atoms with Crippen LogP contribution < -0.4 is 0 Å². The second kappa shape index (κ2) is 7.33. The largest absolute Gasteiger partial charge is 0.410 e. The lowest BCUT2D eigenvalue weighted by molar-refractivity contribution is -0.0442. The van der Waals surface area contributed by atoms with Gasteiger partial charge in [-0.15, -0.1) is 0 Å². The molecule has 0 bridgehead atoms. The zero-order valence-electron chi connectivity index (χ0n) is 13.6. The Labute approximate surface area is 145 Å². The Morgan fingerprint density at radius 1 is 0.760 bits per heavy atom. The van der Waals surface area contributed by atoms with Gasteiger partial charge in [0.2, 0.25) is 0 Å². The first-order chi connectivity index (χ1) is 12.3. The quantitative estimate of drug-likeness (QED) is 0.526. The molecule has 2 fully saturated rings. The van der Waals surface area contributed by atoms with E-state index in [1.807, 2.05) is 48.5 Å². The Bertz CT molecular complexity index is 702. The van der Waals surface area contributed by atoms with E-state index in [1.54, 1.807) is 0 Å². The summed E-state index contributed by atoms with van der Waals surface area (Å²) in [6, 6.07) is 15.3. The summed E-state index contributed by atoms with van der Waals surface area (Å²) in [6.45, 7) is 2.33. The van der Waals surface area contributed by atoms with Crippen LogP contribution >= 0.6 is 0 Å². The van der Waals surface area contributed by atoms with Crippen LogP contribution in [0.2, 0.25) is 0 Å². The van der Waals surface area contributed by atoms with Crippen LogP contribution in [0.15, 0.2) is 53.7 Å². The summed E-state index contributed by atoms with van der Waals surface area (Å²) in [4.78, 5) is 0. The van der Waals surface area contributed by atoms with Gasteiger partial charge < -0.3 is 24.2 Å². The van der Waals surface area contributed by atoms with Gasteiger partial charge in [-0.05, 0) is 12.1 Å². The molecule has 2 aromatic carbocycles. The molecular formula is C19H19NO5. The van der Waals surface area contributed by atoms with Crippen molar-refractivity contribution >= 4 is 5.71 Å². The average molecular weight is 341 g/mol. The fourth-order valence-electron chi connectivity index (χ4n) is 3.05. The second-order valence-corrected chi connectivity index (χ2v) is 5.85. The van der Waals surface area contributed by atoms with Crippen molar-refractivity contribution in [1.29, 1.82) is 0 Å². The molecule has 0 amide bonds. The summed E-state index contributed by atoms with van der Waals surface area (Å²) >= 11 is 0. The fourth-order valence-corrected chi connectivity index (χ4v) is 3.05. The van der Waals surface area contributed by atoms with E-state index in [0.717, 1.165) is 22.3 Å². The molecule has 0 aromatic heterocycles. The molecule has 6 nitrogen and oxygen atoms in total. The first-order valence-corrected chi connectivity index (χ1v) is 8.24. The summed E-state index contributed by atoms with van der Waals surface area (Å²) in [5, 5.41) is 13.1. The molecule has 0 spiro atoms. The van der Waals surface area contributed by atoms with E-state index in [0.29, 0.717) is 32.1 Å². The molecule has 0 aliphatic carbocycles. The van der Waals surface area contributed by atoms with Crippen LogP contribution in [0.5, 0.6) is 0 Å². The normalized spacial score (nSPS) is 18.6. The number of oxime groups is 1. The zero-order chi connectivity index (χ0) is 17.1. The van der Waals surface area contributed by atoms with E-state index in [4.69, 9.17) is 18.9 Å². The molecule has 2 saturated heterocycles. The van der Waals surface area contributed by atoms with E-state index in [9.17, 15) is 5.21 Å². The Kier molecular flexibility index (Phi) is 4.76. The molecule has 2 aromatic rings. The van der Waals surface area contributed by atoms with Crippen molar-refractivity contribution in [2.24, 2.45) is 5.16 Å². The van der Waals surface area contributed by atoms with E-state index < -0.39 is 0 Å². The standard InChI is InChI=1S/C19H19NO5/c21-20-17(13-3-1-5-15(11-13)18-22-7-8-23-18)14-4-2-6-16(12-14)19-24-9-10-25-19/h1-6,11-12,18-19,21H,7-10H2. The van der Waals surface area contributed by atoms with Crippen LogP contribution in [0.4, 0.5) is 0 Å². The third-order valence-corrected chi connectivity index (χ3v) is 4.21. The maximum absolute atomic E-state index is 9.61. The minimum Gasteiger partial charge on any atom is -0.410 e. The second-order valence-electron chi connectivity index (χ2n) is 5.85. The lowest BCUT2D eigenvalue weighted by atomic mass is 9.98. The maximum Gasteiger partial charge on any atom is 0.184 e. The lowest BCUT2D eigenvalue weighted by Gasteiger charge is -2.13. The maximum atomic E-state index is 9.61. The van der Waals surface area contributed by atoms with Crippen molar-refractivity contribution in [3.63, 3.8) is 0 Å². The van der Waals surface area contributed by atoms with E-state index in [2.05, 4.69) is 5.16 Å². The van der Waals surface area contributed by atoms with Crippen molar-refractivity contribution in [2.75, 3.05) is 26.4 Å². The third-order valence-electron chi connectivity index (χ3n) is 4.21. The number of rotatable bonds is 4. The smallest absolute Gasteiger partial charge is 0.184 e. The molecule has 4 rings (SSSR count). The molecule has 0 atom stereocenters. The Morgan fingerprint density at radius 3 is 1.60 bits per heavy atom. The average Bonchev–Trinajstić information content (AvgIpc) is 3.37. The molecule has 1 N–H and O–H groups in total. The highest BCUT2D eigenvalue weighted by molar-refractivity contribution is 6.12. The molecule has 2 aliphatic heterocycles. The van der Waals surface area contributed by atoms with E-state index in [-0.39, 0.29) is 12.6 Å².